The van der Waals surface area contributed by atoms with Gasteiger partial charge in [-0.3, -0.25) is 0 Å². The summed E-state index contributed by atoms with van der Waals surface area (Å²) in [5.74, 6) is 0.553. The van der Waals surface area contributed by atoms with Crippen LogP contribution in [0, 0.1) is 11.3 Å². The van der Waals surface area contributed by atoms with Crippen LogP contribution in [0.1, 0.15) is 53.9 Å². The highest BCUT2D eigenvalue weighted by atomic mass is 19.1. The highest BCUT2D eigenvalue weighted by Crippen LogP contribution is 2.34. The van der Waals surface area contributed by atoms with Gasteiger partial charge in [-0.1, -0.05) is 34.6 Å². The molecule has 0 saturated heterocycles. The van der Waals surface area contributed by atoms with Crippen molar-refractivity contribution in [2.45, 2.75) is 59.5 Å². The third-order valence-corrected chi connectivity index (χ3v) is 2.42. The van der Waals surface area contributed by atoms with Crippen molar-refractivity contribution in [1.29, 1.82) is 0 Å². The maximum Gasteiger partial charge on any atom is 0.134 e. The summed E-state index contributed by atoms with van der Waals surface area (Å²) in [5, 5.41) is 0. The molecule has 0 N–H and O–H groups in total. The van der Waals surface area contributed by atoms with Gasteiger partial charge in [-0.15, -0.1) is 0 Å². The normalized spacial score (nSPS) is 16.8. The van der Waals surface area contributed by atoms with E-state index >= 15 is 0 Å². The maximum atomic E-state index is 14.5. The molecule has 92 valence electrons. The minimum Gasteiger partial charge on any atom is -0.381 e. The summed E-state index contributed by atoms with van der Waals surface area (Å²) in [6, 6.07) is 0. The smallest absolute Gasteiger partial charge is 0.134 e. The predicted molar refractivity (Wildman–Crippen MR) is 63.9 cm³/mol. The third-order valence-electron chi connectivity index (χ3n) is 2.42. The van der Waals surface area contributed by atoms with Crippen LogP contribution in [0.2, 0.25) is 0 Å². The third kappa shape index (κ3) is 7.78. The van der Waals surface area contributed by atoms with Crippen LogP contribution in [-0.2, 0) is 4.74 Å². The summed E-state index contributed by atoms with van der Waals surface area (Å²) < 4.78 is 19.5. The highest BCUT2D eigenvalue weighted by molar-refractivity contribution is 4.84. The van der Waals surface area contributed by atoms with E-state index < -0.39 is 5.67 Å². The molecular formula is C13H27FO. The Morgan fingerprint density at radius 2 is 1.73 bits per heavy atom. The van der Waals surface area contributed by atoms with E-state index in [0.29, 0.717) is 18.8 Å². The van der Waals surface area contributed by atoms with Gasteiger partial charge < -0.3 is 4.74 Å². The second kappa shape index (κ2) is 5.83. The summed E-state index contributed by atoms with van der Waals surface area (Å²) in [6.07, 6.45) is 2.10. The number of hydrogen-bond donors (Lipinski definition) is 0. The van der Waals surface area contributed by atoms with Crippen LogP contribution in [0.15, 0.2) is 0 Å². The number of ether oxygens (including phenoxy) is 1. The zero-order valence-corrected chi connectivity index (χ0v) is 11.2. The van der Waals surface area contributed by atoms with Crippen molar-refractivity contribution >= 4 is 0 Å². The predicted octanol–water partition coefficient (Wildman–Crippen LogP) is 4.21. The lowest BCUT2D eigenvalue weighted by Gasteiger charge is -2.32. The second-order valence-corrected chi connectivity index (χ2v) is 6.25. The Kier molecular flexibility index (Phi) is 5.79. The van der Waals surface area contributed by atoms with Gasteiger partial charge in [0.2, 0.25) is 0 Å². The van der Waals surface area contributed by atoms with Gasteiger partial charge in [-0.05, 0) is 30.6 Å². The molecule has 0 aliphatic heterocycles. The summed E-state index contributed by atoms with van der Waals surface area (Å²) >= 11 is 0. The van der Waals surface area contributed by atoms with Gasteiger partial charge in [0.05, 0.1) is 6.61 Å². The zero-order chi connectivity index (χ0) is 12.1. The molecule has 0 amide bonds. The quantitative estimate of drug-likeness (QED) is 0.649. The Hall–Kier alpha value is -0.110. The molecule has 15 heavy (non-hydrogen) atoms. The zero-order valence-electron chi connectivity index (χ0n) is 11.2. The van der Waals surface area contributed by atoms with Crippen LogP contribution in [0.3, 0.4) is 0 Å². The van der Waals surface area contributed by atoms with Crippen LogP contribution >= 0.6 is 0 Å². The van der Waals surface area contributed by atoms with E-state index in [9.17, 15) is 4.39 Å². The van der Waals surface area contributed by atoms with Gasteiger partial charge >= 0.3 is 0 Å². The van der Waals surface area contributed by atoms with Crippen molar-refractivity contribution in [2.24, 2.45) is 11.3 Å². The number of rotatable bonds is 6. The number of methoxy groups -OCH3 is 1. The number of hydrogen-bond acceptors (Lipinski definition) is 1. The molecule has 0 fully saturated rings. The standard InChI is InChI=1S/C13H27FO/c1-11(2)7-8-13(14,10-15-6)9-12(3,4)5/h11H,7-10H2,1-6H3/t13-/m1/s1. The first kappa shape index (κ1) is 14.9. The van der Waals surface area contributed by atoms with Gasteiger partial charge in [-0.2, -0.15) is 0 Å². The van der Waals surface area contributed by atoms with Crippen LogP contribution in [-0.4, -0.2) is 19.4 Å². The van der Waals surface area contributed by atoms with Crippen LogP contribution < -0.4 is 0 Å². The Bertz CT molecular complexity index is 172. The molecule has 0 bridgehead atoms. The number of halogens is 1. The average Bonchev–Trinajstić information content (AvgIpc) is 1.98. The van der Waals surface area contributed by atoms with Crippen molar-refractivity contribution in [2.75, 3.05) is 13.7 Å². The Labute approximate surface area is 94.4 Å². The fraction of sp³-hybridized carbons (Fsp3) is 1.00. The van der Waals surface area contributed by atoms with Crippen molar-refractivity contribution < 1.29 is 9.13 Å². The van der Waals surface area contributed by atoms with Gasteiger partial charge in [0.1, 0.15) is 5.67 Å². The summed E-state index contributed by atoms with van der Waals surface area (Å²) in [4.78, 5) is 0. The van der Waals surface area contributed by atoms with E-state index in [2.05, 4.69) is 34.6 Å². The molecule has 0 saturated carbocycles. The van der Waals surface area contributed by atoms with E-state index in [-0.39, 0.29) is 12.0 Å². The largest absolute Gasteiger partial charge is 0.381 e. The molecule has 0 aromatic rings. The molecule has 0 heterocycles. The topological polar surface area (TPSA) is 9.23 Å². The van der Waals surface area contributed by atoms with Crippen LogP contribution in [0.5, 0.6) is 0 Å². The summed E-state index contributed by atoms with van der Waals surface area (Å²) in [5.41, 5.74) is -1.14. The first-order valence-electron chi connectivity index (χ1n) is 5.86. The van der Waals surface area contributed by atoms with Gasteiger partial charge in [-0.25, -0.2) is 4.39 Å². The second-order valence-electron chi connectivity index (χ2n) is 6.25. The van der Waals surface area contributed by atoms with E-state index in [1.54, 1.807) is 7.11 Å². The summed E-state index contributed by atoms with van der Waals surface area (Å²) in [7, 11) is 1.58. The van der Waals surface area contributed by atoms with Gasteiger partial charge in [0.15, 0.2) is 0 Å². The van der Waals surface area contributed by atoms with Gasteiger partial charge in [0.25, 0.3) is 0 Å². The molecule has 2 heteroatoms. The van der Waals surface area contributed by atoms with Gasteiger partial charge in [0, 0.05) is 7.11 Å². The fourth-order valence-electron chi connectivity index (χ4n) is 1.97. The highest BCUT2D eigenvalue weighted by Gasteiger charge is 2.34. The van der Waals surface area contributed by atoms with Crippen LogP contribution in [0.25, 0.3) is 0 Å². The Morgan fingerprint density at radius 1 is 1.20 bits per heavy atom. The maximum absolute atomic E-state index is 14.5. The molecule has 0 spiro atoms. The monoisotopic (exact) mass is 218 g/mol. The molecule has 0 radical (unpaired) electrons. The first-order chi connectivity index (χ1) is 6.68. The minimum atomic E-state index is -1.16. The molecule has 0 aliphatic rings. The molecule has 1 atom stereocenters. The lowest BCUT2D eigenvalue weighted by Crippen LogP contribution is -2.34. The minimum absolute atomic E-state index is 0.0181. The van der Waals surface area contributed by atoms with Crippen molar-refractivity contribution in [1.82, 2.24) is 0 Å². The van der Waals surface area contributed by atoms with E-state index in [4.69, 9.17) is 4.74 Å². The lowest BCUT2D eigenvalue weighted by molar-refractivity contribution is 0.00121. The molecule has 0 rings (SSSR count). The van der Waals surface area contributed by atoms with E-state index in [1.807, 2.05) is 0 Å². The summed E-state index contributed by atoms with van der Waals surface area (Å²) in [6.45, 7) is 10.7. The Balaban J connectivity index is 4.31. The first-order valence-corrected chi connectivity index (χ1v) is 5.86. The Morgan fingerprint density at radius 3 is 2.07 bits per heavy atom. The average molecular weight is 218 g/mol. The van der Waals surface area contributed by atoms with Crippen molar-refractivity contribution in [3.8, 4) is 0 Å². The molecule has 0 aromatic carbocycles. The fourth-order valence-corrected chi connectivity index (χ4v) is 1.97. The number of alkyl halides is 1. The van der Waals surface area contributed by atoms with Crippen molar-refractivity contribution in [3.63, 3.8) is 0 Å². The van der Waals surface area contributed by atoms with Crippen LogP contribution in [0.4, 0.5) is 4.39 Å². The van der Waals surface area contributed by atoms with Crippen molar-refractivity contribution in [3.05, 3.63) is 0 Å². The lowest BCUT2D eigenvalue weighted by atomic mass is 9.80. The molecule has 0 aliphatic carbocycles. The van der Waals surface area contributed by atoms with E-state index in [0.717, 1.165) is 6.42 Å². The van der Waals surface area contributed by atoms with E-state index in [1.165, 1.54) is 0 Å². The SMILES string of the molecule is COC[C@@](F)(CCC(C)C)CC(C)(C)C. The molecular weight excluding hydrogens is 191 g/mol. The molecule has 0 unspecified atom stereocenters. The molecule has 0 aromatic heterocycles. The molecule has 1 nitrogen and oxygen atoms in total.